The fourth-order valence-corrected chi connectivity index (χ4v) is 3.83. The molecule has 0 bridgehead atoms. The topological polar surface area (TPSA) is 20.3 Å². The Labute approximate surface area is 130 Å². The lowest BCUT2D eigenvalue weighted by atomic mass is 10.1. The quantitative estimate of drug-likeness (QED) is 0.815. The molecule has 0 radical (unpaired) electrons. The van der Waals surface area contributed by atoms with Crippen LogP contribution < -0.4 is 4.90 Å². The Morgan fingerprint density at radius 3 is 2.00 bits per heavy atom. The normalized spacial score (nSPS) is 21.9. The third kappa shape index (κ3) is 2.70. The molecule has 21 heavy (non-hydrogen) atoms. The van der Waals surface area contributed by atoms with E-state index in [9.17, 15) is 4.79 Å². The van der Waals surface area contributed by atoms with E-state index in [0.29, 0.717) is 0 Å². The van der Waals surface area contributed by atoms with Gasteiger partial charge in [0.2, 0.25) is 5.91 Å². The number of hydrogen-bond acceptors (Lipinski definition) is 2. The molecule has 108 valence electrons. The highest BCUT2D eigenvalue weighted by Crippen LogP contribution is 2.45. The molecule has 3 rings (SSSR count). The zero-order valence-corrected chi connectivity index (χ0v) is 13.4. The first-order chi connectivity index (χ1) is 10.1. The lowest BCUT2D eigenvalue weighted by Gasteiger charge is -2.24. The third-order valence-electron chi connectivity index (χ3n) is 3.83. The van der Waals surface area contributed by atoms with Crippen LogP contribution in [-0.2, 0) is 4.79 Å². The maximum Gasteiger partial charge on any atom is 0.241 e. The van der Waals surface area contributed by atoms with Crippen molar-refractivity contribution in [2.45, 2.75) is 31.4 Å². The van der Waals surface area contributed by atoms with Gasteiger partial charge in [-0.15, -0.1) is 11.8 Å². The molecule has 2 nitrogen and oxygen atoms in total. The molecule has 1 heterocycles. The van der Waals surface area contributed by atoms with Gasteiger partial charge in [0, 0.05) is 5.69 Å². The highest BCUT2D eigenvalue weighted by molar-refractivity contribution is 8.01. The summed E-state index contributed by atoms with van der Waals surface area (Å²) in [6.45, 7) is 6.13. The van der Waals surface area contributed by atoms with Crippen molar-refractivity contribution in [2.75, 3.05) is 4.90 Å². The fraction of sp³-hybridized carbons (Fsp3) is 0.278. The largest absolute Gasteiger partial charge is 0.295 e. The number of hydrogen-bond donors (Lipinski definition) is 0. The van der Waals surface area contributed by atoms with Crippen molar-refractivity contribution in [2.24, 2.45) is 0 Å². The summed E-state index contributed by atoms with van der Waals surface area (Å²) < 4.78 is 0. The zero-order chi connectivity index (χ0) is 15.0. The number of amides is 1. The van der Waals surface area contributed by atoms with Gasteiger partial charge in [0.25, 0.3) is 0 Å². The van der Waals surface area contributed by atoms with E-state index in [-0.39, 0.29) is 16.5 Å². The van der Waals surface area contributed by atoms with E-state index in [0.717, 1.165) is 5.69 Å². The van der Waals surface area contributed by atoms with Gasteiger partial charge in [0.1, 0.15) is 5.37 Å². The molecular formula is C18H19NOS. The number of rotatable bonds is 2. The Bertz CT molecular complexity index is 648. The number of aryl methyl sites for hydroxylation is 2. The molecule has 2 atom stereocenters. The summed E-state index contributed by atoms with van der Waals surface area (Å²) in [5, 5.41) is 0.0633. The Balaban J connectivity index is 2.00. The summed E-state index contributed by atoms with van der Waals surface area (Å²) in [5.41, 5.74) is 4.61. The molecule has 0 saturated carbocycles. The van der Waals surface area contributed by atoms with Gasteiger partial charge in [0.05, 0.1) is 5.25 Å². The van der Waals surface area contributed by atoms with E-state index in [2.05, 4.69) is 50.2 Å². The molecule has 1 aliphatic heterocycles. The highest BCUT2D eigenvalue weighted by atomic mass is 32.2. The first-order valence-electron chi connectivity index (χ1n) is 7.18. The fourth-order valence-electron chi connectivity index (χ4n) is 2.55. The van der Waals surface area contributed by atoms with Crippen LogP contribution in [0.5, 0.6) is 0 Å². The molecule has 0 aromatic heterocycles. The summed E-state index contributed by atoms with van der Waals surface area (Å²) in [4.78, 5) is 14.5. The Hall–Kier alpha value is -1.74. The molecular weight excluding hydrogens is 278 g/mol. The number of carbonyl (C=O) groups excluding carboxylic acids is 1. The SMILES string of the molecule is Cc1ccc([C@H]2S[C@@H](C)C(=O)N2c2ccc(C)cc2)cc1. The van der Waals surface area contributed by atoms with Crippen LogP contribution in [0, 0.1) is 13.8 Å². The van der Waals surface area contributed by atoms with Crippen molar-refractivity contribution in [3.05, 3.63) is 65.2 Å². The molecule has 1 saturated heterocycles. The van der Waals surface area contributed by atoms with Gasteiger partial charge < -0.3 is 0 Å². The number of nitrogens with zero attached hydrogens (tertiary/aromatic N) is 1. The standard InChI is InChI=1S/C18H19NOS/c1-12-4-8-15(9-5-12)18-19(17(20)14(3)21-18)16-10-6-13(2)7-11-16/h4-11,14,18H,1-3H3/t14-,18+/m0/s1. The minimum Gasteiger partial charge on any atom is -0.295 e. The number of anilines is 1. The van der Waals surface area contributed by atoms with E-state index in [1.54, 1.807) is 11.8 Å². The van der Waals surface area contributed by atoms with Gasteiger partial charge >= 0.3 is 0 Å². The molecule has 2 aromatic carbocycles. The smallest absolute Gasteiger partial charge is 0.241 e. The van der Waals surface area contributed by atoms with Crippen molar-refractivity contribution >= 4 is 23.4 Å². The van der Waals surface area contributed by atoms with Crippen molar-refractivity contribution in [3.63, 3.8) is 0 Å². The highest BCUT2D eigenvalue weighted by Gasteiger charge is 2.39. The van der Waals surface area contributed by atoms with Crippen molar-refractivity contribution in [3.8, 4) is 0 Å². The first-order valence-corrected chi connectivity index (χ1v) is 8.12. The summed E-state index contributed by atoms with van der Waals surface area (Å²) in [5.74, 6) is 0.189. The number of carbonyl (C=O) groups is 1. The second-order valence-electron chi connectivity index (χ2n) is 5.59. The molecule has 1 fully saturated rings. The summed E-state index contributed by atoms with van der Waals surface area (Å²) in [6.07, 6.45) is 0. The molecule has 3 heteroatoms. The van der Waals surface area contributed by atoms with Gasteiger partial charge in [-0.3, -0.25) is 9.69 Å². The van der Waals surface area contributed by atoms with Gasteiger partial charge in [-0.1, -0.05) is 47.5 Å². The molecule has 1 aliphatic rings. The lowest BCUT2D eigenvalue weighted by molar-refractivity contribution is -0.117. The average molecular weight is 297 g/mol. The Morgan fingerprint density at radius 2 is 1.43 bits per heavy atom. The molecule has 0 N–H and O–H groups in total. The summed E-state index contributed by atoms with van der Waals surface area (Å²) >= 11 is 1.72. The molecule has 0 aliphatic carbocycles. The molecule has 2 aromatic rings. The predicted octanol–water partition coefficient (Wildman–Crippen LogP) is 4.47. The monoisotopic (exact) mass is 297 g/mol. The average Bonchev–Trinajstić information content (AvgIpc) is 2.77. The second kappa shape index (κ2) is 5.57. The summed E-state index contributed by atoms with van der Waals surface area (Å²) in [6, 6.07) is 16.7. The zero-order valence-electron chi connectivity index (χ0n) is 12.5. The lowest BCUT2D eigenvalue weighted by Crippen LogP contribution is -2.30. The minimum absolute atomic E-state index is 0.00222. The number of thioether (sulfide) groups is 1. The second-order valence-corrected chi connectivity index (χ2v) is 7.01. The van der Waals surface area contributed by atoms with Crippen molar-refractivity contribution < 1.29 is 4.79 Å². The maximum absolute atomic E-state index is 12.5. The van der Waals surface area contributed by atoms with Crippen LogP contribution in [-0.4, -0.2) is 11.2 Å². The Kier molecular flexibility index (Phi) is 3.77. The molecule has 0 unspecified atom stereocenters. The van der Waals surface area contributed by atoms with Gasteiger partial charge in [-0.2, -0.15) is 0 Å². The third-order valence-corrected chi connectivity index (χ3v) is 5.18. The summed E-state index contributed by atoms with van der Waals surface area (Å²) in [7, 11) is 0. The van der Waals surface area contributed by atoms with Gasteiger partial charge in [-0.05, 0) is 38.5 Å². The van der Waals surface area contributed by atoms with Crippen LogP contribution in [0.3, 0.4) is 0 Å². The predicted molar refractivity (Wildman–Crippen MR) is 89.6 cm³/mol. The van der Waals surface area contributed by atoms with Crippen LogP contribution in [0.25, 0.3) is 0 Å². The van der Waals surface area contributed by atoms with Crippen molar-refractivity contribution in [1.29, 1.82) is 0 Å². The van der Waals surface area contributed by atoms with E-state index >= 15 is 0 Å². The van der Waals surface area contributed by atoms with Crippen LogP contribution >= 0.6 is 11.8 Å². The van der Waals surface area contributed by atoms with E-state index in [1.807, 2.05) is 24.0 Å². The van der Waals surface area contributed by atoms with Crippen LogP contribution in [0.15, 0.2) is 48.5 Å². The molecule has 0 spiro atoms. The van der Waals surface area contributed by atoms with Crippen LogP contribution in [0.4, 0.5) is 5.69 Å². The number of benzene rings is 2. The van der Waals surface area contributed by atoms with E-state index in [1.165, 1.54) is 16.7 Å². The minimum atomic E-state index is -0.00222. The van der Waals surface area contributed by atoms with Crippen LogP contribution in [0.2, 0.25) is 0 Å². The molecule has 1 amide bonds. The first kappa shape index (κ1) is 14.2. The van der Waals surface area contributed by atoms with E-state index in [4.69, 9.17) is 0 Å². The maximum atomic E-state index is 12.5. The Morgan fingerprint density at radius 1 is 0.905 bits per heavy atom. The van der Waals surface area contributed by atoms with Crippen molar-refractivity contribution in [1.82, 2.24) is 0 Å². The van der Waals surface area contributed by atoms with Gasteiger partial charge in [0.15, 0.2) is 0 Å². The van der Waals surface area contributed by atoms with Crippen LogP contribution in [0.1, 0.15) is 29.0 Å². The van der Waals surface area contributed by atoms with Gasteiger partial charge in [-0.25, -0.2) is 0 Å². The van der Waals surface area contributed by atoms with E-state index < -0.39 is 0 Å².